The fourth-order valence-corrected chi connectivity index (χ4v) is 3.26. The number of likely N-dealkylation sites (tertiary alicyclic amines) is 1. The predicted molar refractivity (Wildman–Crippen MR) is 91.0 cm³/mol. The van der Waals surface area contributed by atoms with Crippen LogP contribution in [0.25, 0.3) is 10.9 Å². The molecular weight excluding hydrogens is 288 g/mol. The van der Waals surface area contributed by atoms with Crippen LogP contribution in [0.15, 0.2) is 49.2 Å². The number of para-hydroxylation sites is 1. The van der Waals surface area contributed by atoms with Gasteiger partial charge in [-0.25, -0.2) is 0 Å². The Balaban J connectivity index is 1.72. The molecule has 1 aliphatic rings. The second-order valence-electron chi connectivity index (χ2n) is 6.14. The molecule has 1 aliphatic heterocycles. The van der Waals surface area contributed by atoms with Gasteiger partial charge in [0.05, 0.1) is 11.6 Å². The van der Waals surface area contributed by atoms with Gasteiger partial charge in [-0.1, -0.05) is 24.3 Å². The number of aliphatic hydroxyl groups excluding tert-OH is 1. The number of rotatable bonds is 5. The van der Waals surface area contributed by atoms with E-state index in [1.54, 1.807) is 11.0 Å². The maximum atomic E-state index is 12.1. The maximum absolute atomic E-state index is 12.1. The minimum atomic E-state index is -0.463. The summed E-state index contributed by atoms with van der Waals surface area (Å²) in [5.74, 6) is 0.180. The molecule has 120 valence electrons. The highest BCUT2D eigenvalue weighted by Gasteiger charge is 2.33. The van der Waals surface area contributed by atoms with Crippen LogP contribution in [0.5, 0.6) is 0 Å². The summed E-state index contributed by atoms with van der Waals surface area (Å²) < 4.78 is 0. The van der Waals surface area contributed by atoms with E-state index in [2.05, 4.69) is 17.6 Å². The average Bonchev–Trinajstić information content (AvgIpc) is 2.94. The molecule has 0 radical (unpaired) electrons. The van der Waals surface area contributed by atoms with E-state index in [-0.39, 0.29) is 11.8 Å². The lowest BCUT2D eigenvalue weighted by atomic mass is 9.94. The number of allylic oxidation sites excluding steroid dienone is 1. The van der Waals surface area contributed by atoms with Crippen molar-refractivity contribution in [2.24, 2.45) is 5.92 Å². The number of pyridine rings is 1. The van der Waals surface area contributed by atoms with Gasteiger partial charge in [-0.05, 0) is 30.5 Å². The Morgan fingerprint density at radius 2 is 2.17 bits per heavy atom. The minimum absolute atomic E-state index is 0.0773. The standard InChI is InChI=1S/C19H22N2O2/c1-2-3-8-19(23)21-12-15(18(22)13-21)11-14-9-10-20-17-7-5-4-6-16(14)17/h2,4-7,9-10,15,18,22H,1,3,8,11-13H2. The third-order valence-electron chi connectivity index (χ3n) is 4.54. The summed E-state index contributed by atoms with van der Waals surface area (Å²) in [6.45, 7) is 4.70. The van der Waals surface area contributed by atoms with E-state index < -0.39 is 6.10 Å². The third-order valence-corrected chi connectivity index (χ3v) is 4.54. The Morgan fingerprint density at radius 1 is 1.35 bits per heavy atom. The summed E-state index contributed by atoms with van der Waals surface area (Å²) in [5, 5.41) is 11.5. The topological polar surface area (TPSA) is 53.4 Å². The summed E-state index contributed by atoms with van der Waals surface area (Å²) in [5.41, 5.74) is 2.15. The van der Waals surface area contributed by atoms with Gasteiger partial charge < -0.3 is 10.0 Å². The predicted octanol–water partition coefficient (Wildman–Crippen LogP) is 2.56. The van der Waals surface area contributed by atoms with Crippen molar-refractivity contribution in [2.75, 3.05) is 13.1 Å². The number of aliphatic hydroxyl groups is 1. The monoisotopic (exact) mass is 310 g/mol. The Kier molecular flexibility index (Phi) is 4.72. The van der Waals surface area contributed by atoms with Crippen molar-refractivity contribution in [3.63, 3.8) is 0 Å². The molecule has 1 aromatic carbocycles. The lowest BCUT2D eigenvalue weighted by Gasteiger charge is -2.16. The van der Waals surface area contributed by atoms with E-state index in [9.17, 15) is 9.90 Å². The van der Waals surface area contributed by atoms with Gasteiger partial charge in [0.25, 0.3) is 0 Å². The van der Waals surface area contributed by atoms with Gasteiger partial charge in [-0.3, -0.25) is 9.78 Å². The van der Waals surface area contributed by atoms with Gasteiger partial charge in [0.2, 0.25) is 5.91 Å². The van der Waals surface area contributed by atoms with Gasteiger partial charge in [-0.15, -0.1) is 6.58 Å². The molecule has 1 saturated heterocycles. The first-order valence-corrected chi connectivity index (χ1v) is 8.08. The van der Waals surface area contributed by atoms with Crippen LogP contribution in [-0.2, 0) is 11.2 Å². The van der Waals surface area contributed by atoms with Crippen molar-refractivity contribution in [3.05, 3.63) is 54.7 Å². The Bertz CT molecular complexity index is 708. The van der Waals surface area contributed by atoms with Crippen LogP contribution < -0.4 is 0 Å². The van der Waals surface area contributed by atoms with Crippen LogP contribution in [0.2, 0.25) is 0 Å². The summed E-state index contributed by atoms with van der Waals surface area (Å²) in [6.07, 6.45) is 5.02. The third kappa shape index (κ3) is 3.42. The molecule has 2 atom stereocenters. The molecule has 4 heteroatoms. The Hall–Kier alpha value is -2.20. The number of nitrogens with zero attached hydrogens (tertiary/aromatic N) is 2. The molecule has 0 bridgehead atoms. The molecule has 1 N–H and O–H groups in total. The number of β-amino-alcohol motifs (C(OH)–C–C–N with tert-alkyl or cyclic N) is 1. The summed E-state index contributed by atoms with van der Waals surface area (Å²) in [4.78, 5) is 18.3. The van der Waals surface area contributed by atoms with Crippen molar-refractivity contribution >= 4 is 16.8 Å². The summed E-state index contributed by atoms with van der Waals surface area (Å²) in [7, 11) is 0. The van der Waals surface area contributed by atoms with Crippen LogP contribution in [0.3, 0.4) is 0 Å². The highest BCUT2D eigenvalue weighted by atomic mass is 16.3. The summed E-state index contributed by atoms with van der Waals surface area (Å²) >= 11 is 0. The molecule has 1 fully saturated rings. The molecular formula is C19H22N2O2. The second kappa shape index (κ2) is 6.92. The molecule has 2 aromatic rings. The fraction of sp³-hybridized carbons (Fsp3) is 0.368. The van der Waals surface area contributed by atoms with Gasteiger partial charge in [-0.2, -0.15) is 0 Å². The van der Waals surface area contributed by atoms with E-state index in [1.165, 1.54) is 5.56 Å². The molecule has 23 heavy (non-hydrogen) atoms. The molecule has 3 rings (SSSR count). The van der Waals surface area contributed by atoms with Gasteiger partial charge in [0, 0.05) is 37.0 Å². The molecule has 4 nitrogen and oxygen atoms in total. The number of hydrogen-bond acceptors (Lipinski definition) is 3. The molecule has 2 heterocycles. The van der Waals surface area contributed by atoms with Gasteiger partial charge in [0.1, 0.15) is 0 Å². The number of fused-ring (bicyclic) bond motifs is 1. The average molecular weight is 310 g/mol. The normalized spacial score (nSPS) is 20.8. The quantitative estimate of drug-likeness (QED) is 0.864. The molecule has 1 aromatic heterocycles. The number of hydrogen-bond donors (Lipinski definition) is 1. The van der Waals surface area contributed by atoms with E-state index in [4.69, 9.17) is 0 Å². The second-order valence-corrected chi connectivity index (χ2v) is 6.14. The molecule has 0 saturated carbocycles. The van der Waals surface area contributed by atoms with Crippen LogP contribution in [-0.4, -0.2) is 40.1 Å². The molecule has 2 unspecified atom stereocenters. The number of amides is 1. The van der Waals surface area contributed by atoms with Crippen LogP contribution in [0.4, 0.5) is 0 Å². The van der Waals surface area contributed by atoms with E-state index >= 15 is 0 Å². The SMILES string of the molecule is C=CCCC(=O)N1CC(O)C(Cc2ccnc3ccccc23)C1. The van der Waals surface area contributed by atoms with E-state index in [0.29, 0.717) is 25.9 Å². The first-order chi connectivity index (χ1) is 11.2. The van der Waals surface area contributed by atoms with Crippen molar-refractivity contribution in [3.8, 4) is 0 Å². The fourth-order valence-electron chi connectivity index (χ4n) is 3.26. The smallest absolute Gasteiger partial charge is 0.222 e. The number of aromatic nitrogens is 1. The van der Waals surface area contributed by atoms with Crippen molar-refractivity contribution in [1.29, 1.82) is 0 Å². The van der Waals surface area contributed by atoms with Crippen molar-refractivity contribution in [2.45, 2.75) is 25.4 Å². The zero-order valence-corrected chi connectivity index (χ0v) is 13.2. The maximum Gasteiger partial charge on any atom is 0.222 e. The van der Waals surface area contributed by atoms with Gasteiger partial charge >= 0.3 is 0 Å². The lowest BCUT2D eigenvalue weighted by Crippen LogP contribution is -2.29. The number of carbonyl (C=O) groups excluding carboxylic acids is 1. The largest absolute Gasteiger partial charge is 0.391 e. The summed E-state index contributed by atoms with van der Waals surface area (Å²) in [6, 6.07) is 10.0. The zero-order valence-electron chi connectivity index (χ0n) is 13.2. The van der Waals surface area contributed by atoms with E-state index in [0.717, 1.165) is 17.3 Å². The highest BCUT2D eigenvalue weighted by Crippen LogP contribution is 2.25. The first-order valence-electron chi connectivity index (χ1n) is 8.08. The number of carbonyl (C=O) groups is 1. The van der Waals surface area contributed by atoms with Crippen LogP contribution >= 0.6 is 0 Å². The van der Waals surface area contributed by atoms with Crippen LogP contribution in [0.1, 0.15) is 18.4 Å². The Labute approximate surface area is 136 Å². The molecule has 0 spiro atoms. The zero-order chi connectivity index (χ0) is 16.2. The Morgan fingerprint density at radius 3 is 3.00 bits per heavy atom. The van der Waals surface area contributed by atoms with Gasteiger partial charge in [0.15, 0.2) is 0 Å². The molecule has 1 amide bonds. The van der Waals surface area contributed by atoms with E-state index in [1.807, 2.05) is 30.5 Å². The highest BCUT2D eigenvalue weighted by molar-refractivity contribution is 5.82. The van der Waals surface area contributed by atoms with Crippen molar-refractivity contribution in [1.82, 2.24) is 9.88 Å². The van der Waals surface area contributed by atoms with Crippen LogP contribution in [0, 0.1) is 5.92 Å². The lowest BCUT2D eigenvalue weighted by molar-refractivity contribution is -0.130. The number of benzene rings is 1. The van der Waals surface area contributed by atoms with Crippen molar-refractivity contribution < 1.29 is 9.90 Å². The first kappa shape index (κ1) is 15.7. The minimum Gasteiger partial charge on any atom is -0.391 e. The molecule has 0 aliphatic carbocycles.